The van der Waals surface area contributed by atoms with Crippen LogP contribution in [0.4, 0.5) is 0 Å². The van der Waals surface area contributed by atoms with Crippen LogP contribution in [0.5, 0.6) is 40.2 Å². The van der Waals surface area contributed by atoms with Crippen LogP contribution in [-0.4, -0.2) is 73.2 Å². The summed E-state index contributed by atoms with van der Waals surface area (Å²) < 4.78 is 37.2. The SMILES string of the molecule is COc1ccc(C(=O)NCCCC(=O)N/N=C/c2ccc(OC(=O)c3cc(OC)c(OC)c(OC)c3)c(OC)c2)cc1OC. The van der Waals surface area contributed by atoms with Crippen LogP contribution in [-0.2, 0) is 4.79 Å². The lowest BCUT2D eigenvalue weighted by Gasteiger charge is -2.14. The first-order chi connectivity index (χ1) is 21.3. The number of esters is 1. The number of amides is 2. The molecule has 44 heavy (non-hydrogen) atoms. The Morgan fingerprint density at radius 1 is 0.682 bits per heavy atom. The highest BCUT2D eigenvalue weighted by Gasteiger charge is 2.20. The van der Waals surface area contributed by atoms with Crippen molar-refractivity contribution in [1.82, 2.24) is 10.7 Å². The van der Waals surface area contributed by atoms with Gasteiger partial charge in [0.1, 0.15) is 0 Å². The normalized spacial score (nSPS) is 10.5. The van der Waals surface area contributed by atoms with Crippen LogP contribution >= 0.6 is 0 Å². The summed E-state index contributed by atoms with van der Waals surface area (Å²) in [5, 5.41) is 6.73. The van der Waals surface area contributed by atoms with Crippen molar-refractivity contribution in [3.63, 3.8) is 0 Å². The van der Waals surface area contributed by atoms with E-state index >= 15 is 0 Å². The second kappa shape index (κ2) is 16.2. The van der Waals surface area contributed by atoms with Gasteiger partial charge in [-0.25, -0.2) is 10.2 Å². The van der Waals surface area contributed by atoms with Crippen LogP contribution in [0.1, 0.15) is 39.1 Å². The van der Waals surface area contributed by atoms with Gasteiger partial charge in [-0.1, -0.05) is 0 Å². The van der Waals surface area contributed by atoms with Gasteiger partial charge in [0, 0.05) is 18.5 Å². The smallest absolute Gasteiger partial charge is 0.343 e. The molecule has 0 fully saturated rings. The lowest BCUT2D eigenvalue weighted by molar-refractivity contribution is -0.121. The standard InChI is InChI=1S/C31H35N3O10/c1-38-22-12-10-20(15-25(22)40-3)30(36)32-13-7-8-28(35)34-33-18-19-9-11-23(24(14-19)39-2)44-31(37)21-16-26(41-4)29(43-6)27(17-21)42-5/h9-12,14-18H,7-8,13H2,1-6H3,(H,32,36)(H,34,35)/b33-18+. The minimum atomic E-state index is -0.670. The molecule has 13 heteroatoms. The maximum absolute atomic E-state index is 12.9. The second-order valence-electron chi connectivity index (χ2n) is 8.94. The van der Waals surface area contributed by atoms with E-state index in [4.69, 9.17) is 33.2 Å². The van der Waals surface area contributed by atoms with Crippen molar-refractivity contribution in [2.45, 2.75) is 12.8 Å². The summed E-state index contributed by atoms with van der Waals surface area (Å²) in [5.74, 6) is 1.06. The van der Waals surface area contributed by atoms with Gasteiger partial charge in [-0.15, -0.1) is 0 Å². The molecule has 234 valence electrons. The summed E-state index contributed by atoms with van der Waals surface area (Å²) >= 11 is 0. The Morgan fingerprint density at radius 3 is 1.89 bits per heavy atom. The number of methoxy groups -OCH3 is 6. The van der Waals surface area contributed by atoms with Crippen molar-refractivity contribution >= 4 is 24.0 Å². The van der Waals surface area contributed by atoms with Crippen LogP contribution in [0, 0.1) is 0 Å². The Balaban J connectivity index is 1.51. The van der Waals surface area contributed by atoms with Gasteiger partial charge in [0.05, 0.1) is 54.4 Å². The summed E-state index contributed by atoms with van der Waals surface area (Å²) in [4.78, 5) is 37.5. The molecule has 13 nitrogen and oxygen atoms in total. The van der Waals surface area contributed by atoms with Gasteiger partial charge in [-0.3, -0.25) is 9.59 Å². The highest BCUT2D eigenvalue weighted by atomic mass is 16.6. The number of hydrazone groups is 1. The van der Waals surface area contributed by atoms with E-state index in [0.29, 0.717) is 46.3 Å². The Labute approximate surface area is 255 Å². The lowest BCUT2D eigenvalue weighted by Crippen LogP contribution is -2.26. The third-order valence-electron chi connectivity index (χ3n) is 6.21. The van der Waals surface area contributed by atoms with E-state index in [-0.39, 0.29) is 41.8 Å². The summed E-state index contributed by atoms with van der Waals surface area (Å²) in [7, 11) is 8.79. The van der Waals surface area contributed by atoms with Crippen molar-refractivity contribution in [2.24, 2.45) is 5.10 Å². The van der Waals surface area contributed by atoms with Crippen LogP contribution in [0.15, 0.2) is 53.6 Å². The molecule has 3 aromatic rings. The summed E-state index contributed by atoms with van der Waals surface area (Å²) in [6, 6.07) is 12.6. The van der Waals surface area contributed by atoms with Crippen molar-refractivity contribution in [1.29, 1.82) is 0 Å². The average Bonchev–Trinajstić information content (AvgIpc) is 3.05. The minimum absolute atomic E-state index is 0.142. The number of ether oxygens (including phenoxy) is 7. The van der Waals surface area contributed by atoms with Crippen molar-refractivity contribution in [3.05, 3.63) is 65.2 Å². The molecule has 2 amide bonds. The molecule has 0 saturated carbocycles. The topological polar surface area (TPSA) is 152 Å². The molecule has 0 saturated heterocycles. The molecule has 3 rings (SSSR count). The maximum atomic E-state index is 12.9. The first-order valence-corrected chi connectivity index (χ1v) is 13.3. The molecule has 0 aliphatic heterocycles. The van der Waals surface area contributed by atoms with Gasteiger partial charge in [-0.2, -0.15) is 5.10 Å². The zero-order chi connectivity index (χ0) is 32.1. The minimum Gasteiger partial charge on any atom is -0.493 e. The highest BCUT2D eigenvalue weighted by Crippen LogP contribution is 2.39. The predicted molar refractivity (Wildman–Crippen MR) is 161 cm³/mol. The van der Waals surface area contributed by atoms with Gasteiger partial charge in [0.25, 0.3) is 5.91 Å². The molecule has 0 atom stereocenters. The fourth-order valence-electron chi connectivity index (χ4n) is 3.97. The first kappa shape index (κ1) is 33.0. The molecule has 0 bridgehead atoms. The van der Waals surface area contributed by atoms with E-state index in [9.17, 15) is 14.4 Å². The van der Waals surface area contributed by atoms with E-state index in [0.717, 1.165) is 0 Å². The summed E-state index contributed by atoms with van der Waals surface area (Å²) in [6.07, 6.45) is 1.97. The third-order valence-corrected chi connectivity index (χ3v) is 6.21. The Morgan fingerprint density at radius 2 is 1.27 bits per heavy atom. The van der Waals surface area contributed by atoms with E-state index in [2.05, 4.69) is 15.8 Å². The van der Waals surface area contributed by atoms with Gasteiger partial charge in [0.15, 0.2) is 34.5 Å². The molecule has 0 radical (unpaired) electrons. The first-order valence-electron chi connectivity index (χ1n) is 13.3. The molecule has 0 aromatic heterocycles. The van der Waals surface area contributed by atoms with E-state index in [1.54, 1.807) is 36.4 Å². The van der Waals surface area contributed by atoms with Crippen LogP contribution in [0.2, 0.25) is 0 Å². The van der Waals surface area contributed by atoms with Gasteiger partial charge >= 0.3 is 5.97 Å². The van der Waals surface area contributed by atoms with E-state index in [1.165, 1.54) is 61.0 Å². The number of carbonyl (C=O) groups is 3. The molecule has 0 aliphatic carbocycles. The zero-order valence-electron chi connectivity index (χ0n) is 25.3. The summed E-state index contributed by atoms with van der Waals surface area (Å²) in [6.45, 7) is 0.289. The highest BCUT2D eigenvalue weighted by molar-refractivity contribution is 5.95. The van der Waals surface area contributed by atoms with Crippen molar-refractivity contribution < 1.29 is 47.5 Å². The quantitative estimate of drug-likeness (QED) is 0.0859. The Kier molecular flexibility index (Phi) is 12.2. The van der Waals surface area contributed by atoms with Crippen LogP contribution in [0.25, 0.3) is 0 Å². The largest absolute Gasteiger partial charge is 0.493 e. The molecule has 0 spiro atoms. The summed E-state index contributed by atoms with van der Waals surface area (Å²) in [5.41, 5.74) is 3.61. The molecule has 0 unspecified atom stereocenters. The van der Waals surface area contributed by atoms with E-state index in [1.807, 2.05) is 0 Å². The molecule has 0 aliphatic rings. The molecule has 3 aromatic carbocycles. The number of nitrogens with one attached hydrogen (secondary N) is 2. The van der Waals surface area contributed by atoms with Gasteiger partial charge in [0.2, 0.25) is 11.7 Å². The molecule has 2 N–H and O–H groups in total. The van der Waals surface area contributed by atoms with Crippen molar-refractivity contribution in [2.75, 3.05) is 49.2 Å². The fourth-order valence-corrected chi connectivity index (χ4v) is 3.97. The van der Waals surface area contributed by atoms with Crippen LogP contribution < -0.4 is 43.9 Å². The number of hydrogen-bond acceptors (Lipinski definition) is 11. The number of benzene rings is 3. The van der Waals surface area contributed by atoms with Crippen molar-refractivity contribution in [3.8, 4) is 40.2 Å². The van der Waals surface area contributed by atoms with Gasteiger partial charge < -0.3 is 38.5 Å². The van der Waals surface area contributed by atoms with Crippen LogP contribution in [0.3, 0.4) is 0 Å². The van der Waals surface area contributed by atoms with Gasteiger partial charge in [-0.05, 0) is 60.5 Å². The second-order valence-corrected chi connectivity index (χ2v) is 8.94. The number of carbonyl (C=O) groups excluding carboxylic acids is 3. The molecule has 0 heterocycles. The fraction of sp³-hybridized carbons (Fsp3) is 0.290. The number of hydrogen-bond donors (Lipinski definition) is 2. The third kappa shape index (κ3) is 8.53. The lowest BCUT2D eigenvalue weighted by atomic mass is 10.1. The maximum Gasteiger partial charge on any atom is 0.343 e. The van der Waals surface area contributed by atoms with E-state index < -0.39 is 5.97 Å². The monoisotopic (exact) mass is 609 g/mol. The predicted octanol–water partition coefficient (Wildman–Crippen LogP) is 3.62. The zero-order valence-corrected chi connectivity index (χ0v) is 25.3. The molecular weight excluding hydrogens is 574 g/mol. The number of rotatable bonds is 15. The Bertz CT molecular complexity index is 1480. The number of nitrogens with zero attached hydrogens (tertiary/aromatic N) is 1. The average molecular weight is 610 g/mol. The Hall–Kier alpha value is -5.46. The molecular formula is C31H35N3O10.